The summed E-state index contributed by atoms with van der Waals surface area (Å²) in [6.45, 7) is 5.83. The lowest BCUT2D eigenvalue weighted by Crippen LogP contribution is -2.73. The molecule has 3 fully saturated rings. The normalized spacial score (nSPS) is 30.4. The van der Waals surface area contributed by atoms with Gasteiger partial charge in [-0.15, -0.1) is 6.58 Å². The number of rotatable bonds is 8. The van der Waals surface area contributed by atoms with E-state index in [1.165, 1.54) is 6.08 Å². The number of unbranched alkanes of at least 4 members (excludes halogenated alkanes) is 1. The number of alkyl halides is 6. The van der Waals surface area contributed by atoms with Gasteiger partial charge in [0.2, 0.25) is 0 Å². The van der Waals surface area contributed by atoms with Gasteiger partial charge in [-0.25, -0.2) is 0 Å². The molecule has 0 aromatic rings. The highest BCUT2D eigenvalue weighted by atomic mass is 19.4. The molecule has 3 nitrogen and oxygen atoms in total. The van der Waals surface area contributed by atoms with Crippen LogP contribution >= 0.6 is 0 Å². The molecule has 2 saturated heterocycles. The third kappa shape index (κ3) is 3.74. The van der Waals surface area contributed by atoms with E-state index in [-0.39, 0.29) is 32.3 Å². The maximum atomic E-state index is 14.1. The van der Waals surface area contributed by atoms with Crippen LogP contribution in [0.3, 0.4) is 0 Å². The molecule has 1 saturated carbocycles. The zero-order valence-electron chi connectivity index (χ0n) is 15.5. The van der Waals surface area contributed by atoms with Gasteiger partial charge in [-0.2, -0.15) is 26.3 Å². The highest BCUT2D eigenvalue weighted by Gasteiger charge is 2.82. The van der Waals surface area contributed by atoms with Gasteiger partial charge < -0.3 is 14.2 Å². The van der Waals surface area contributed by atoms with Crippen LogP contribution < -0.4 is 0 Å². The first kappa shape index (κ1) is 22.5. The van der Waals surface area contributed by atoms with Crippen molar-refractivity contribution in [1.82, 2.24) is 0 Å². The molecule has 27 heavy (non-hydrogen) atoms. The predicted molar refractivity (Wildman–Crippen MR) is 86.0 cm³/mol. The van der Waals surface area contributed by atoms with Crippen molar-refractivity contribution in [2.24, 2.45) is 5.41 Å². The van der Waals surface area contributed by atoms with E-state index in [0.717, 1.165) is 6.92 Å². The van der Waals surface area contributed by atoms with Crippen LogP contribution in [-0.4, -0.2) is 43.1 Å². The standard InChI is InChI=1S/C18H26F6O3/c1-4-6-11-25-13(3)27-16(17(19,20)21,18(22,23)24)14-7-9-15(5-2,10-8-14)26-12-14/h5,13H,2,4,6-12H2,1,3H3. The molecule has 0 radical (unpaired) electrons. The summed E-state index contributed by atoms with van der Waals surface area (Å²) in [5, 5.41) is 0. The molecule has 9 heteroatoms. The molecule has 0 aromatic carbocycles. The van der Waals surface area contributed by atoms with Crippen LogP contribution in [0, 0.1) is 5.41 Å². The van der Waals surface area contributed by atoms with Crippen molar-refractivity contribution >= 4 is 0 Å². The first-order chi connectivity index (χ1) is 12.4. The van der Waals surface area contributed by atoms with Crippen molar-refractivity contribution in [3.05, 3.63) is 12.7 Å². The third-order valence-electron chi connectivity index (χ3n) is 5.80. The van der Waals surface area contributed by atoms with E-state index in [1.54, 1.807) is 0 Å². The number of hydrogen-bond donors (Lipinski definition) is 0. The van der Waals surface area contributed by atoms with E-state index in [0.29, 0.717) is 12.8 Å². The van der Waals surface area contributed by atoms with Gasteiger partial charge in [-0.05, 0) is 39.0 Å². The monoisotopic (exact) mass is 404 g/mol. The molecule has 2 aliphatic heterocycles. The number of halogens is 6. The molecule has 158 valence electrons. The van der Waals surface area contributed by atoms with Gasteiger partial charge in [0.1, 0.15) is 0 Å². The molecule has 2 bridgehead atoms. The maximum Gasteiger partial charge on any atom is 0.427 e. The fourth-order valence-corrected chi connectivity index (χ4v) is 4.14. The molecule has 1 atom stereocenters. The van der Waals surface area contributed by atoms with Crippen LogP contribution in [0.1, 0.15) is 52.4 Å². The summed E-state index contributed by atoms with van der Waals surface area (Å²) in [5.41, 5.74) is -7.46. The average molecular weight is 404 g/mol. The Morgan fingerprint density at radius 2 is 1.63 bits per heavy atom. The van der Waals surface area contributed by atoms with Gasteiger partial charge in [0.25, 0.3) is 5.60 Å². The van der Waals surface area contributed by atoms with Crippen molar-refractivity contribution in [3.63, 3.8) is 0 Å². The fraction of sp³-hybridized carbons (Fsp3) is 0.889. The predicted octanol–water partition coefficient (Wildman–Crippen LogP) is 5.54. The van der Waals surface area contributed by atoms with Crippen LogP contribution in [0.2, 0.25) is 0 Å². The molecule has 0 amide bonds. The van der Waals surface area contributed by atoms with E-state index in [4.69, 9.17) is 14.2 Å². The quantitative estimate of drug-likeness (QED) is 0.230. The summed E-state index contributed by atoms with van der Waals surface area (Å²) in [5.74, 6) is 0. The van der Waals surface area contributed by atoms with E-state index < -0.39 is 41.9 Å². The Balaban J connectivity index is 2.43. The topological polar surface area (TPSA) is 27.7 Å². The van der Waals surface area contributed by atoms with Crippen molar-refractivity contribution < 1.29 is 40.6 Å². The van der Waals surface area contributed by atoms with Crippen LogP contribution in [0.25, 0.3) is 0 Å². The lowest BCUT2D eigenvalue weighted by atomic mass is 9.57. The SMILES string of the molecule is C=CC12CCC(C(OC(C)OCCCC)(C(F)(F)F)C(F)(F)F)(CC1)CO2. The van der Waals surface area contributed by atoms with Gasteiger partial charge >= 0.3 is 12.4 Å². The fourth-order valence-electron chi connectivity index (χ4n) is 4.14. The smallest absolute Gasteiger partial charge is 0.370 e. The number of hydrogen-bond acceptors (Lipinski definition) is 3. The van der Waals surface area contributed by atoms with E-state index in [1.807, 2.05) is 6.92 Å². The highest BCUT2D eigenvalue weighted by Crippen LogP contribution is 2.64. The lowest BCUT2D eigenvalue weighted by molar-refractivity contribution is -0.454. The molecule has 2 heterocycles. The van der Waals surface area contributed by atoms with E-state index in [9.17, 15) is 26.3 Å². The van der Waals surface area contributed by atoms with Crippen LogP contribution in [0.5, 0.6) is 0 Å². The molecule has 3 rings (SSSR count). The van der Waals surface area contributed by atoms with Crippen molar-refractivity contribution in [2.75, 3.05) is 13.2 Å². The number of ether oxygens (including phenoxy) is 3. The van der Waals surface area contributed by atoms with Crippen molar-refractivity contribution in [3.8, 4) is 0 Å². The summed E-state index contributed by atoms with van der Waals surface area (Å²) in [7, 11) is 0. The zero-order chi connectivity index (χ0) is 20.6. The molecule has 0 spiro atoms. The van der Waals surface area contributed by atoms with Crippen molar-refractivity contribution in [2.45, 2.75) is 82.2 Å². The lowest BCUT2D eigenvalue weighted by Gasteiger charge is -2.59. The van der Waals surface area contributed by atoms with Crippen LogP contribution in [0.15, 0.2) is 12.7 Å². The summed E-state index contributed by atoms with van der Waals surface area (Å²) in [6.07, 6.45) is -10.9. The first-order valence-electron chi connectivity index (χ1n) is 9.09. The van der Waals surface area contributed by atoms with Crippen LogP contribution in [0.4, 0.5) is 26.3 Å². The largest absolute Gasteiger partial charge is 0.427 e. The van der Waals surface area contributed by atoms with Gasteiger partial charge in [0, 0.05) is 12.0 Å². The highest BCUT2D eigenvalue weighted by molar-refractivity contribution is 5.18. The van der Waals surface area contributed by atoms with E-state index in [2.05, 4.69) is 6.58 Å². The summed E-state index contributed by atoms with van der Waals surface area (Å²) in [6, 6.07) is 0. The molecule has 0 aromatic heterocycles. The van der Waals surface area contributed by atoms with E-state index >= 15 is 0 Å². The Hall–Kier alpha value is -0.800. The summed E-state index contributed by atoms with van der Waals surface area (Å²) in [4.78, 5) is 0. The van der Waals surface area contributed by atoms with Gasteiger partial charge in [0.05, 0.1) is 12.2 Å². The molecule has 0 N–H and O–H groups in total. The third-order valence-corrected chi connectivity index (χ3v) is 5.80. The minimum Gasteiger partial charge on any atom is -0.370 e. The summed E-state index contributed by atoms with van der Waals surface area (Å²) < 4.78 is 99.6. The molecule has 3 aliphatic rings. The van der Waals surface area contributed by atoms with Gasteiger partial charge in [-0.1, -0.05) is 19.4 Å². The Kier molecular flexibility index (Phi) is 6.29. The molecule has 1 aliphatic carbocycles. The van der Waals surface area contributed by atoms with Gasteiger partial charge in [0.15, 0.2) is 6.29 Å². The minimum atomic E-state index is -5.68. The Bertz CT molecular complexity index is 490. The first-order valence-corrected chi connectivity index (χ1v) is 9.09. The van der Waals surface area contributed by atoms with Crippen LogP contribution in [-0.2, 0) is 14.2 Å². The second-order valence-corrected chi connectivity index (χ2v) is 7.42. The number of fused-ring (bicyclic) bond motifs is 3. The molecular formula is C18H26F6O3. The average Bonchev–Trinajstić information content (AvgIpc) is 2.59. The minimum absolute atomic E-state index is 0.0204. The maximum absolute atomic E-state index is 14.1. The molecule has 1 unspecified atom stereocenters. The second-order valence-electron chi connectivity index (χ2n) is 7.42. The van der Waals surface area contributed by atoms with Crippen molar-refractivity contribution in [1.29, 1.82) is 0 Å². The molecular weight excluding hydrogens is 378 g/mol. The van der Waals surface area contributed by atoms with Gasteiger partial charge in [-0.3, -0.25) is 0 Å². The second kappa shape index (κ2) is 7.55. The Labute approximate surface area is 155 Å². The Morgan fingerprint density at radius 3 is 2.00 bits per heavy atom. The Morgan fingerprint density at radius 1 is 1.07 bits per heavy atom. The summed E-state index contributed by atoms with van der Waals surface area (Å²) >= 11 is 0. The zero-order valence-corrected chi connectivity index (χ0v) is 15.5.